The zero-order chi connectivity index (χ0) is 19.1. The molecule has 10 nitrogen and oxygen atoms in total. The standard InChI is InChI=1S/C16H21N5O5/c1-9(22)13(15(23)24)20-16(25)18-8-12-19-14(21-26-12)11(17)7-10-5-3-2-4-6-10/h2-6,9,11,13,22H,7-8,17H2,1H3,(H,23,24)(H2,18,20,25)/t9?,11-,13?/m0/s1. The zero-order valence-electron chi connectivity index (χ0n) is 14.1. The van der Waals surface area contributed by atoms with Crippen LogP contribution in [0.15, 0.2) is 34.9 Å². The second-order valence-electron chi connectivity index (χ2n) is 5.73. The molecule has 2 unspecified atom stereocenters. The molecular weight excluding hydrogens is 342 g/mol. The lowest BCUT2D eigenvalue weighted by molar-refractivity contribution is -0.141. The van der Waals surface area contributed by atoms with Crippen molar-refractivity contribution in [2.45, 2.75) is 38.1 Å². The van der Waals surface area contributed by atoms with Gasteiger partial charge in [0.2, 0.25) is 5.89 Å². The molecule has 3 atom stereocenters. The van der Waals surface area contributed by atoms with E-state index in [1.165, 1.54) is 6.92 Å². The van der Waals surface area contributed by atoms with Crippen molar-refractivity contribution in [2.24, 2.45) is 5.73 Å². The van der Waals surface area contributed by atoms with Gasteiger partial charge in [-0.1, -0.05) is 35.5 Å². The number of carbonyl (C=O) groups is 2. The largest absolute Gasteiger partial charge is 0.480 e. The quantitative estimate of drug-likeness (QED) is 0.435. The number of aliphatic hydroxyl groups excluding tert-OH is 1. The van der Waals surface area contributed by atoms with Crippen molar-refractivity contribution in [1.82, 2.24) is 20.8 Å². The number of urea groups is 1. The van der Waals surface area contributed by atoms with Crippen LogP contribution in [0.1, 0.15) is 30.2 Å². The molecule has 0 aliphatic carbocycles. The third-order valence-corrected chi connectivity index (χ3v) is 3.55. The van der Waals surface area contributed by atoms with Crippen LogP contribution in [0.5, 0.6) is 0 Å². The Hall–Kier alpha value is -2.98. The maximum atomic E-state index is 11.7. The van der Waals surface area contributed by atoms with Crippen molar-refractivity contribution < 1.29 is 24.3 Å². The average Bonchev–Trinajstić information content (AvgIpc) is 3.07. The molecule has 2 aromatic rings. The summed E-state index contributed by atoms with van der Waals surface area (Å²) in [6.45, 7) is 1.15. The van der Waals surface area contributed by atoms with Crippen LogP contribution in [0.3, 0.4) is 0 Å². The first-order valence-electron chi connectivity index (χ1n) is 7.94. The molecule has 1 heterocycles. The van der Waals surface area contributed by atoms with Crippen molar-refractivity contribution in [3.8, 4) is 0 Å². The van der Waals surface area contributed by atoms with Crippen molar-refractivity contribution in [3.63, 3.8) is 0 Å². The number of nitrogens with one attached hydrogen (secondary N) is 2. The van der Waals surface area contributed by atoms with Crippen LogP contribution in [0.25, 0.3) is 0 Å². The van der Waals surface area contributed by atoms with E-state index in [1.54, 1.807) is 0 Å². The van der Waals surface area contributed by atoms with E-state index in [4.69, 9.17) is 15.4 Å². The summed E-state index contributed by atoms with van der Waals surface area (Å²) in [5, 5.41) is 26.5. The minimum absolute atomic E-state index is 0.108. The summed E-state index contributed by atoms with van der Waals surface area (Å²) in [5.74, 6) is -0.914. The molecule has 1 aromatic carbocycles. The van der Waals surface area contributed by atoms with E-state index in [9.17, 15) is 14.7 Å². The summed E-state index contributed by atoms with van der Waals surface area (Å²) in [5.41, 5.74) is 7.08. The summed E-state index contributed by atoms with van der Waals surface area (Å²) in [6.07, 6.45) is -0.716. The summed E-state index contributed by atoms with van der Waals surface area (Å²) in [7, 11) is 0. The van der Waals surface area contributed by atoms with E-state index >= 15 is 0 Å². The van der Waals surface area contributed by atoms with Crippen LogP contribution < -0.4 is 16.4 Å². The van der Waals surface area contributed by atoms with Crippen molar-refractivity contribution in [3.05, 3.63) is 47.6 Å². The Morgan fingerprint density at radius 2 is 2.00 bits per heavy atom. The Morgan fingerprint density at radius 3 is 2.62 bits per heavy atom. The van der Waals surface area contributed by atoms with Crippen LogP contribution in [-0.4, -0.2) is 44.5 Å². The Balaban J connectivity index is 1.86. The van der Waals surface area contributed by atoms with Gasteiger partial charge in [-0.3, -0.25) is 0 Å². The summed E-state index contributed by atoms with van der Waals surface area (Å²) in [6, 6.07) is 6.93. The minimum atomic E-state index is -1.42. The average molecular weight is 363 g/mol. The Labute approximate surface area is 149 Å². The van der Waals surface area contributed by atoms with Gasteiger partial charge < -0.3 is 31.1 Å². The third kappa shape index (κ3) is 5.53. The maximum absolute atomic E-state index is 11.7. The van der Waals surface area contributed by atoms with Crippen LogP contribution in [0.2, 0.25) is 0 Å². The van der Waals surface area contributed by atoms with Gasteiger partial charge in [-0.25, -0.2) is 9.59 Å². The van der Waals surface area contributed by atoms with Crippen molar-refractivity contribution in [1.29, 1.82) is 0 Å². The molecule has 0 spiro atoms. The van der Waals surface area contributed by atoms with Gasteiger partial charge in [0.15, 0.2) is 11.9 Å². The van der Waals surface area contributed by atoms with Crippen LogP contribution in [0.4, 0.5) is 4.79 Å². The minimum Gasteiger partial charge on any atom is -0.480 e. The normalized spacial score (nSPS) is 14.3. The highest BCUT2D eigenvalue weighted by molar-refractivity contribution is 5.82. The van der Waals surface area contributed by atoms with Gasteiger partial charge in [0, 0.05) is 0 Å². The lowest BCUT2D eigenvalue weighted by Crippen LogP contribution is -2.51. The highest BCUT2D eigenvalue weighted by Gasteiger charge is 2.25. The molecule has 1 aromatic heterocycles. The highest BCUT2D eigenvalue weighted by atomic mass is 16.5. The first kappa shape index (κ1) is 19.3. The molecule has 0 aliphatic heterocycles. The lowest BCUT2D eigenvalue weighted by Gasteiger charge is -2.16. The fourth-order valence-electron chi connectivity index (χ4n) is 2.19. The molecule has 26 heavy (non-hydrogen) atoms. The summed E-state index contributed by atoms with van der Waals surface area (Å²) < 4.78 is 5.02. The van der Waals surface area contributed by atoms with Crippen molar-refractivity contribution in [2.75, 3.05) is 0 Å². The molecule has 0 saturated heterocycles. The molecular formula is C16H21N5O5. The highest BCUT2D eigenvalue weighted by Crippen LogP contribution is 2.13. The molecule has 140 valence electrons. The Bertz CT molecular complexity index is 734. The number of benzene rings is 1. The van der Waals surface area contributed by atoms with E-state index < -0.39 is 30.2 Å². The second-order valence-corrected chi connectivity index (χ2v) is 5.73. The monoisotopic (exact) mass is 363 g/mol. The number of aliphatic hydroxyl groups is 1. The van der Waals surface area contributed by atoms with Gasteiger partial charge in [-0.15, -0.1) is 0 Å². The topological polar surface area (TPSA) is 164 Å². The number of hydrogen-bond acceptors (Lipinski definition) is 7. The fourth-order valence-corrected chi connectivity index (χ4v) is 2.19. The van der Waals surface area contributed by atoms with Gasteiger partial charge in [-0.2, -0.15) is 4.98 Å². The zero-order valence-corrected chi connectivity index (χ0v) is 14.1. The van der Waals surface area contributed by atoms with Gasteiger partial charge >= 0.3 is 12.0 Å². The SMILES string of the molecule is CC(O)C(NC(=O)NCc1nc([C@@H](N)Cc2ccccc2)no1)C(=O)O. The lowest BCUT2D eigenvalue weighted by atomic mass is 10.1. The molecule has 0 aliphatic rings. The molecule has 2 amide bonds. The smallest absolute Gasteiger partial charge is 0.328 e. The third-order valence-electron chi connectivity index (χ3n) is 3.55. The van der Waals surface area contributed by atoms with E-state index in [1.807, 2.05) is 30.3 Å². The van der Waals surface area contributed by atoms with E-state index in [2.05, 4.69) is 20.8 Å². The number of hydrogen-bond donors (Lipinski definition) is 5. The number of aromatic nitrogens is 2. The number of carbonyl (C=O) groups excluding carboxylic acids is 1. The van der Waals surface area contributed by atoms with Gasteiger partial charge in [0.1, 0.15) is 0 Å². The number of carboxylic acid groups (broad SMARTS) is 1. The maximum Gasteiger partial charge on any atom is 0.328 e. The number of amides is 2. The number of nitrogens with two attached hydrogens (primary N) is 1. The number of rotatable bonds is 8. The Kier molecular flexibility index (Phi) is 6.64. The predicted octanol–water partition coefficient (Wildman–Crippen LogP) is -0.0547. The summed E-state index contributed by atoms with van der Waals surface area (Å²) in [4.78, 5) is 26.7. The fraction of sp³-hybridized carbons (Fsp3) is 0.375. The van der Waals surface area contributed by atoms with Crippen LogP contribution in [-0.2, 0) is 17.8 Å². The number of aliphatic carboxylic acids is 1. The molecule has 0 radical (unpaired) electrons. The van der Waals surface area contributed by atoms with Gasteiger partial charge in [0.05, 0.1) is 18.7 Å². The van der Waals surface area contributed by atoms with Crippen molar-refractivity contribution >= 4 is 12.0 Å². The Morgan fingerprint density at radius 1 is 1.31 bits per heavy atom. The van der Waals surface area contributed by atoms with E-state index in [-0.39, 0.29) is 12.4 Å². The molecule has 10 heteroatoms. The first-order valence-corrected chi connectivity index (χ1v) is 7.94. The van der Waals surface area contributed by atoms with Gasteiger partial charge in [-0.05, 0) is 18.9 Å². The second kappa shape index (κ2) is 8.92. The molecule has 0 fully saturated rings. The summed E-state index contributed by atoms with van der Waals surface area (Å²) >= 11 is 0. The molecule has 0 bridgehead atoms. The molecule has 6 N–H and O–H groups in total. The number of nitrogens with zero attached hydrogens (tertiary/aromatic N) is 2. The predicted molar refractivity (Wildman–Crippen MR) is 89.8 cm³/mol. The molecule has 2 rings (SSSR count). The number of carboxylic acids is 1. The van der Waals surface area contributed by atoms with Gasteiger partial charge in [0.25, 0.3) is 0 Å². The first-order chi connectivity index (χ1) is 12.4. The molecule has 0 saturated carbocycles. The van der Waals surface area contributed by atoms with Crippen LogP contribution >= 0.6 is 0 Å². The van der Waals surface area contributed by atoms with Crippen LogP contribution in [0, 0.1) is 0 Å². The van der Waals surface area contributed by atoms with E-state index in [0.717, 1.165) is 5.56 Å². The van der Waals surface area contributed by atoms with E-state index in [0.29, 0.717) is 12.2 Å².